The number of rotatable bonds is 5. The zero-order chi connectivity index (χ0) is 16.4. The molecule has 3 rings (SSSR count). The van der Waals surface area contributed by atoms with E-state index in [9.17, 15) is 13.2 Å². The van der Waals surface area contributed by atoms with E-state index in [-0.39, 0.29) is 23.5 Å². The Morgan fingerprint density at radius 3 is 3.04 bits per heavy atom. The van der Waals surface area contributed by atoms with Crippen LogP contribution in [0.15, 0.2) is 23.1 Å². The number of carbonyl (C=O) groups excluding carboxylic acids is 1. The van der Waals surface area contributed by atoms with Crippen LogP contribution >= 0.6 is 0 Å². The summed E-state index contributed by atoms with van der Waals surface area (Å²) in [5.41, 5.74) is 0.389. The molecule has 0 spiro atoms. The highest BCUT2D eigenvalue weighted by atomic mass is 32.2. The molecule has 1 aromatic rings. The Labute approximate surface area is 136 Å². The summed E-state index contributed by atoms with van der Waals surface area (Å²) in [5.74, 6) is 0.195. The van der Waals surface area contributed by atoms with Crippen LogP contribution in [0, 0.1) is 0 Å². The Morgan fingerprint density at radius 2 is 2.26 bits per heavy atom. The number of fused-ring (bicyclic) bond motifs is 1. The second-order valence-corrected chi connectivity index (χ2v) is 7.54. The smallest absolute Gasteiger partial charge is 0.262 e. The number of hydrogen-bond donors (Lipinski definition) is 2. The lowest BCUT2D eigenvalue weighted by molar-refractivity contribution is -0.118. The van der Waals surface area contributed by atoms with Gasteiger partial charge in [-0.15, -0.1) is 0 Å². The van der Waals surface area contributed by atoms with Crippen LogP contribution in [0.3, 0.4) is 0 Å². The van der Waals surface area contributed by atoms with Crippen molar-refractivity contribution in [3.05, 3.63) is 18.2 Å². The maximum atomic E-state index is 12.5. The summed E-state index contributed by atoms with van der Waals surface area (Å²) in [5, 5.41) is 2.62. The highest BCUT2D eigenvalue weighted by Crippen LogP contribution is 2.30. The average Bonchev–Trinajstić information content (AvgIpc) is 3.00. The van der Waals surface area contributed by atoms with Crippen LogP contribution in [-0.2, 0) is 14.8 Å². The first-order valence-corrected chi connectivity index (χ1v) is 9.28. The lowest BCUT2D eigenvalue weighted by atomic mass is 10.2. The Bertz CT molecular complexity index is 705. The van der Waals surface area contributed by atoms with Crippen molar-refractivity contribution in [2.75, 3.05) is 31.6 Å². The third-order valence-electron chi connectivity index (χ3n) is 4.31. The first kappa shape index (κ1) is 16.2. The second-order valence-electron chi connectivity index (χ2n) is 5.77. The van der Waals surface area contributed by atoms with Gasteiger partial charge in [0, 0.05) is 12.6 Å². The molecule has 1 atom stereocenters. The Morgan fingerprint density at radius 1 is 1.43 bits per heavy atom. The van der Waals surface area contributed by atoms with E-state index in [0.717, 1.165) is 25.9 Å². The molecule has 8 heteroatoms. The summed E-state index contributed by atoms with van der Waals surface area (Å²) < 4.78 is 32.9. The van der Waals surface area contributed by atoms with E-state index in [1.165, 1.54) is 12.1 Å². The summed E-state index contributed by atoms with van der Waals surface area (Å²) in [6.07, 6.45) is 2.10. The van der Waals surface area contributed by atoms with E-state index in [1.807, 2.05) is 0 Å². The molecule has 1 amide bonds. The van der Waals surface area contributed by atoms with Gasteiger partial charge in [-0.3, -0.25) is 9.69 Å². The van der Waals surface area contributed by atoms with Crippen molar-refractivity contribution in [1.29, 1.82) is 0 Å². The SMILES string of the molecule is CCN1CCC[C@@H]1CNS(=O)(=O)c1ccc2c(c1)NC(=O)CO2. The zero-order valence-electron chi connectivity index (χ0n) is 13.0. The average molecular weight is 339 g/mol. The topological polar surface area (TPSA) is 87.7 Å². The molecule has 0 aromatic heterocycles. The summed E-state index contributed by atoms with van der Waals surface area (Å²) >= 11 is 0. The fourth-order valence-corrected chi connectivity index (χ4v) is 4.16. The van der Waals surface area contributed by atoms with Crippen molar-refractivity contribution in [2.45, 2.75) is 30.7 Å². The molecule has 1 fully saturated rings. The molecule has 7 nitrogen and oxygen atoms in total. The van der Waals surface area contributed by atoms with Crippen LogP contribution in [0.2, 0.25) is 0 Å². The molecule has 126 valence electrons. The third-order valence-corrected chi connectivity index (χ3v) is 5.73. The standard InChI is InChI=1S/C15H21N3O4S/c1-2-18-7-3-4-11(18)9-16-23(20,21)12-5-6-14-13(8-12)17-15(19)10-22-14/h5-6,8,11,16H,2-4,7,9-10H2,1H3,(H,17,19)/t11-/m1/s1. The van der Waals surface area contributed by atoms with E-state index in [2.05, 4.69) is 21.9 Å². The normalized spacial score (nSPS) is 21.6. The molecule has 0 radical (unpaired) electrons. The van der Waals surface area contributed by atoms with Gasteiger partial charge in [-0.25, -0.2) is 13.1 Å². The number of carbonyl (C=O) groups is 1. The van der Waals surface area contributed by atoms with Crippen LogP contribution in [0.4, 0.5) is 5.69 Å². The molecule has 2 heterocycles. The lowest BCUT2D eigenvalue weighted by Gasteiger charge is -2.23. The molecule has 23 heavy (non-hydrogen) atoms. The molecule has 1 saturated heterocycles. The van der Waals surface area contributed by atoms with Gasteiger partial charge in [0.15, 0.2) is 6.61 Å². The van der Waals surface area contributed by atoms with Gasteiger partial charge >= 0.3 is 0 Å². The van der Waals surface area contributed by atoms with Gasteiger partial charge in [0.05, 0.1) is 10.6 Å². The fourth-order valence-electron chi connectivity index (χ4n) is 3.06. The molecule has 0 aliphatic carbocycles. The fraction of sp³-hybridized carbons (Fsp3) is 0.533. The van der Waals surface area contributed by atoms with Gasteiger partial charge < -0.3 is 10.1 Å². The van der Waals surface area contributed by atoms with Crippen molar-refractivity contribution < 1.29 is 17.9 Å². The predicted octanol–water partition coefficient (Wildman–Crippen LogP) is 0.780. The molecular weight excluding hydrogens is 318 g/mol. The Balaban J connectivity index is 1.72. The molecular formula is C15H21N3O4S. The van der Waals surface area contributed by atoms with Crippen LogP contribution in [0.25, 0.3) is 0 Å². The summed E-state index contributed by atoms with van der Waals surface area (Å²) in [6.45, 7) is 4.38. The maximum absolute atomic E-state index is 12.5. The second kappa shape index (κ2) is 6.46. The van der Waals surface area contributed by atoms with Crippen LogP contribution in [0.1, 0.15) is 19.8 Å². The number of ether oxygens (including phenoxy) is 1. The minimum Gasteiger partial charge on any atom is -0.482 e. The number of benzene rings is 1. The highest BCUT2D eigenvalue weighted by Gasteiger charge is 2.26. The molecule has 0 unspecified atom stereocenters. The van der Waals surface area contributed by atoms with Gasteiger partial charge in [-0.2, -0.15) is 0 Å². The Hall–Kier alpha value is -1.64. The van der Waals surface area contributed by atoms with Gasteiger partial charge in [-0.05, 0) is 44.1 Å². The van der Waals surface area contributed by atoms with E-state index >= 15 is 0 Å². The van der Waals surface area contributed by atoms with Crippen molar-refractivity contribution >= 4 is 21.6 Å². The van der Waals surface area contributed by atoms with Crippen LogP contribution in [-0.4, -0.2) is 51.5 Å². The number of hydrogen-bond acceptors (Lipinski definition) is 5. The minimum absolute atomic E-state index is 0.0497. The lowest BCUT2D eigenvalue weighted by Crippen LogP contribution is -2.40. The largest absolute Gasteiger partial charge is 0.482 e. The third kappa shape index (κ3) is 3.49. The first-order valence-electron chi connectivity index (χ1n) is 7.80. The van der Waals surface area contributed by atoms with E-state index < -0.39 is 10.0 Å². The van der Waals surface area contributed by atoms with Gasteiger partial charge in [0.1, 0.15) is 5.75 Å². The number of likely N-dealkylation sites (tertiary alicyclic amines) is 1. The number of anilines is 1. The first-order chi connectivity index (χ1) is 11.0. The van der Waals surface area contributed by atoms with Crippen LogP contribution in [0.5, 0.6) is 5.75 Å². The van der Waals surface area contributed by atoms with Gasteiger partial charge in [-0.1, -0.05) is 6.92 Å². The summed E-state index contributed by atoms with van der Waals surface area (Å²) in [6, 6.07) is 4.73. The van der Waals surface area contributed by atoms with E-state index in [1.54, 1.807) is 6.07 Å². The highest BCUT2D eigenvalue weighted by molar-refractivity contribution is 7.89. The number of nitrogens with zero attached hydrogens (tertiary/aromatic N) is 1. The molecule has 0 saturated carbocycles. The number of likely N-dealkylation sites (N-methyl/N-ethyl adjacent to an activating group) is 1. The number of nitrogens with one attached hydrogen (secondary N) is 2. The molecule has 0 bridgehead atoms. The Kier molecular flexibility index (Phi) is 4.56. The maximum Gasteiger partial charge on any atom is 0.262 e. The molecule has 2 aliphatic rings. The quantitative estimate of drug-likeness (QED) is 0.828. The zero-order valence-corrected chi connectivity index (χ0v) is 13.9. The summed E-state index contributed by atoms with van der Waals surface area (Å²) in [7, 11) is -3.61. The van der Waals surface area contributed by atoms with Crippen molar-refractivity contribution in [3.8, 4) is 5.75 Å². The monoisotopic (exact) mass is 339 g/mol. The molecule has 2 N–H and O–H groups in total. The van der Waals surface area contributed by atoms with E-state index in [4.69, 9.17) is 4.74 Å². The van der Waals surface area contributed by atoms with Crippen molar-refractivity contribution in [3.63, 3.8) is 0 Å². The van der Waals surface area contributed by atoms with Crippen molar-refractivity contribution in [2.24, 2.45) is 0 Å². The number of amides is 1. The van der Waals surface area contributed by atoms with Gasteiger partial charge in [0.2, 0.25) is 10.0 Å². The van der Waals surface area contributed by atoms with Crippen molar-refractivity contribution in [1.82, 2.24) is 9.62 Å². The van der Waals surface area contributed by atoms with E-state index in [0.29, 0.717) is 18.0 Å². The minimum atomic E-state index is -3.61. The van der Waals surface area contributed by atoms with Crippen LogP contribution < -0.4 is 14.8 Å². The number of sulfonamides is 1. The molecule has 2 aliphatic heterocycles. The van der Waals surface area contributed by atoms with Gasteiger partial charge in [0.25, 0.3) is 5.91 Å². The molecule has 1 aromatic carbocycles. The summed E-state index contributed by atoms with van der Waals surface area (Å²) in [4.78, 5) is 13.8. The predicted molar refractivity (Wildman–Crippen MR) is 86.0 cm³/mol.